The fourth-order valence-electron chi connectivity index (χ4n) is 1.49. The lowest BCUT2D eigenvalue weighted by Gasteiger charge is -2.20. The highest BCUT2D eigenvalue weighted by molar-refractivity contribution is 7.89. The second kappa shape index (κ2) is 6.02. The number of benzene rings is 1. The lowest BCUT2D eigenvalue weighted by Crippen LogP contribution is -2.33. The van der Waals surface area contributed by atoms with Gasteiger partial charge in [0.15, 0.2) is 0 Å². The molecule has 1 rings (SSSR count). The van der Waals surface area contributed by atoms with E-state index >= 15 is 0 Å². The number of likely N-dealkylation sites (N-methyl/N-ethyl adjacent to an activating group) is 2. The number of hydrogen-bond donors (Lipinski definition) is 1. The lowest BCUT2D eigenvalue weighted by atomic mass is 10.2. The third kappa shape index (κ3) is 3.67. The van der Waals surface area contributed by atoms with E-state index < -0.39 is 10.0 Å². The summed E-state index contributed by atoms with van der Waals surface area (Å²) in [6.45, 7) is 0.956. The molecule has 0 aliphatic heterocycles. The molecule has 0 amide bonds. The molecule has 19 heavy (non-hydrogen) atoms. The topological polar surface area (TPSA) is 90.4 Å². The van der Waals surface area contributed by atoms with Crippen LogP contribution in [0.25, 0.3) is 0 Å². The Kier molecular flexibility index (Phi) is 4.89. The molecule has 0 radical (unpaired) electrons. The molecule has 0 fully saturated rings. The van der Waals surface area contributed by atoms with E-state index in [0.29, 0.717) is 18.8 Å². The van der Waals surface area contributed by atoms with Crippen LogP contribution in [-0.4, -0.2) is 51.9 Å². The van der Waals surface area contributed by atoms with Gasteiger partial charge in [-0.2, -0.15) is 9.57 Å². The summed E-state index contributed by atoms with van der Waals surface area (Å²) in [6.07, 6.45) is 0. The van der Waals surface area contributed by atoms with E-state index in [0.717, 1.165) is 0 Å². The summed E-state index contributed by atoms with van der Waals surface area (Å²) in [6, 6.07) is 6.08. The number of rotatable bonds is 5. The Morgan fingerprint density at radius 3 is 2.42 bits per heavy atom. The molecular formula is C12H18N4O2S. The number of nitrogens with two attached hydrogens (primary N) is 1. The van der Waals surface area contributed by atoms with Crippen molar-refractivity contribution in [3.63, 3.8) is 0 Å². The molecule has 0 aliphatic rings. The van der Waals surface area contributed by atoms with Crippen LogP contribution in [-0.2, 0) is 10.0 Å². The maximum atomic E-state index is 12.4. The van der Waals surface area contributed by atoms with Crippen LogP contribution in [0.3, 0.4) is 0 Å². The Hall–Kier alpha value is -1.62. The molecular weight excluding hydrogens is 264 g/mol. The molecule has 0 spiro atoms. The van der Waals surface area contributed by atoms with Crippen molar-refractivity contribution in [1.82, 2.24) is 9.21 Å². The SMILES string of the molecule is CN(C)CCN(C)S(=O)(=O)c1ccc(N)cc1C#N. The quantitative estimate of drug-likeness (QED) is 0.786. The van der Waals surface area contributed by atoms with Gasteiger partial charge in [-0.3, -0.25) is 0 Å². The number of sulfonamides is 1. The molecule has 0 unspecified atom stereocenters. The van der Waals surface area contributed by atoms with Gasteiger partial charge in [-0.25, -0.2) is 8.42 Å². The third-order valence-electron chi connectivity index (χ3n) is 2.67. The van der Waals surface area contributed by atoms with Gasteiger partial charge in [0.05, 0.1) is 5.56 Å². The summed E-state index contributed by atoms with van der Waals surface area (Å²) in [5.74, 6) is 0. The molecule has 0 saturated heterocycles. The van der Waals surface area contributed by atoms with Crippen LogP contribution in [0.2, 0.25) is 0 Å². The van der Waals surface area contributed by atoms with E-state index in [2.05, 4.69) is 0 Å². The van der Waals surface area contributed by atoms with Crippen molar-refractivity contribution in [3.8, 4) is 6.07 Å². The first-order valence-corrected chi connectivity index (χ1v) is 7.13. The molecule has 104 valence electrons. The zero-order valence-electron chi connectivity index (χ0n) is 11.3. The van der Waals surface area contributed by atoms with Crippen molar-refractivity contribution in [1.29, 1.82) is 5.26 Å². The van der Waals surface area contributed by atoms with Crippen LogP contribution in [0.5, 0.6) is 0 Å². The average Bonchev–Trinajstić information content (AvgIpc) is 2.35. The molecule has 6 nitrogen and oxygen atoms in total. The molecule has 1 aromatic carbocycles. The first kappa shape index (κ1) is 15.4. The van der Waals surface area contributed by atoms with Crippen molar-refractivity contribution in [2.45, 2.75) is 4.90 Å². The summed E-state index contributed by atoms with van der Waals surface area (Å²) in [5, 5.41) is 9.01. The highest BCUT2D eigenvalue weighted by atomic mass is 32.2. The second-order valence-electron chi connectivity index (χ2n) is 4.50. The number of nitrogens with zero attached hydrogens (tertiary/aromatic N) is 3. The van der Waals surface area contributed by atoms with Crippen LogP contribution in [0.1, 0.15) is 5.56 Å². The molecule has 0 atom stereocenters. The molecule has 0 aromatic heterocycles. The summed E-state index contributed by atoms with van der Waals surface area (Å²) >= 11 is 0. The number of nitrogen functional groups attached to an aromatic ring is 1. The van der Waals surface area contributed by atoms with Crippen molar-refractivity contribution >= 4 is 15.7 Å². The lowest BCUT2D eigenvalue weighted by molar-refractivity contribution is 0.358. The standard InChI is InChI=1S/C12H18N4O2S/c1-15(2)6-7-16(3)19(17,18)12-5-4-11(14)8-10(12)9-13/h4-5,8H,6-7,14H2,1-3H3. The third-order valence-corrected chi connectivity index (χ3v) is 4.59. The smallest absolute Gasteiger partial charge is 0.244 e. The van der Waals surface area contributed by atoms with E-state index in [1.165, 1.54) is 29.6 Å². The predicted molar refractivity (Wildman–Crippen MR) is 73.9 cm³/mol. The highest BCUT2D eigenvalue weighted by Crippen LogP contribution is 2.21. The fraction of sp³-hybridized carbons (Fsp3) is 0.417. The predicted octanol–water partition coefficient (Wildman–Crippen LogP) is 0.323. The van der Waals surface area contributed by atoms with Crippen molar-refractivity contribution in [3.05, 3.63) is 23.8 Å². The summed E-state index contributed by atoms with van der Waals surface area (Å²) in [7, 11) is 1.56. The molecule has 0 heterocycles. The van der Waals surface area contributed by atoms with Crippen LogP contribution < -0.4 is 5.73 Å². The first-order valence-electron chi connectivity index (χ1n) is 5.69. The molecule has 0 saturated carbocycles. The van der Waals surface area contributed by atoms with Crippen LogP contribution in [0.15, 0.2) is 23.1 Å². The minimum atomic E-state index is -3.67. The minimum Gasteiger partial charge on any atom is -0.399 e. The van der Waals surface area contributed by atoms with E-state index in [1.807, 2.05) is 25.1 Å². The first-order chi connectivity index (χ1) is 8.78. The molecule has 1 aromatic rings. The van der Waals surface area contributed by atoms with Gasteiger partial charge in [-0.15, -0.1) is 0 Å². The van der Waals surface area contributed by atoms with E-state index in [4.69, 9.17) is 11.0 Å². The van der Waals surface area contributed by atoms with Crippen molar-refractivity contribution < 1.29 is 8.42 Å². The molecule has 2 N–H and O–H groups in total. The van der Waals surface area contributed by atoms with Crippen molar-refractivity contribution in [2.24, 2.45) is 0 Å². The van der Waals surface area contributed by atoms with E-state index in [9.17, 15) is 8.42 Å². The fourth-order valence-corrected chi connectivity index (χ4v) is 2.77. The van der Waals surface area contributed by atoms with Gasteiger partial charge in [-0.05, 0) is 32.3 Å². The van der Waals surface area contributed by atoms with Gasteiger partial charge in [0, 0.05) is 25.8 Å². The Morgan fingerprint density at radius 1 is 1.26 bits per heavy atom. The van der Waals surface area contributed by atoms with E-state index in [1.54, 1.807) is 0 Å². The van der Waals surface area contributed by atoms with Crippen molar-refractivity contribution in [2.75, 3.05) is 40.0 Å². The summed E-state index contributed by atoms with van der Waals surface area (Å²) < 4.78 is 25.9. The Bertz CT molecular complexity index is 590. The van der Waals surface area contributed by atoms with E-state index in [-0.39, 0.29) is 10.5 Å². The Morgan fingerprint density at radius 2 is 1.89 bits per heavy atom. The van der Waals surface area contributed by atoms with Gasteiger partial charge >= 0.3 is 0 Å². The van der Waals surface area contributed by atoms with Gasteiger partial charge in [0.25, 0.3) is 0 Å². The summed E-state index contributed by atoms with van der Waals surface area (Å²) in [5.41, 5.74) is 5.99. The number of hydrogen-bond acceptors (Lipinski definition) is 5. The van der Waals surface area contributed by atoms with Crippen LogP contribution in [0.4, 0.5) is 5.69 Å². The number of nitriles is 1. The molecule has 0 bridgehead atoms. The molecule has 0 aliphatic carbocycles. The maximum absolute atomic E-state index is 12.4. The molecule has 7 heteroatoms. The minimum absolute atomic E-state index is 0.00884. The second-order valence-corrected chi connectivity index (χ2v) is 6.51. The monoisotopic (exact) mass is 282 g/mol. The van der Waals surface area contributed by atoms with Crippen LogP contribution in [0, 0.1) is 11.3 Å². The highest BCUT2D eigenvalue weighted by Gasteiger charge is 2.23. The van der Waals surface area contributed by atoms with Gasteiger partial charge in [0.2, 0.25) is 10.0 Å². The van der Waals surface area contributed by atoms with Crippen LogP contribution >= 0.6 is 0 Å². The maximum Gasteiger partial charge on any atom is 0.244 e. The van der Waals surface area contributed by atoms with Gasteiger partial charge in [-0.1, -0.05) is 0 Å². The number of anilines is 1. The van der Waals surface area contributed by atoms with Gasteiger partial charge in [0.1, 0.15) is 11.0 Å². The largest absolute Gasteiger partial charge is 0.399 e. The van der Waals surface area contributed by atoms with Gasteiger partial charge < -0.3 is 10.6 Å². The summed E-state index contributed by atoms with van der Waals surface area (Å²) in [4.78, 5) is 1.88. The Labute approximate surface area is 114 Å². The Balaban J connectivity index is 3.10. The zero-order valence-corrected chi connectivity index (χ0v) is 12.1. The zero-order chi connectivity index (χ0) is 14.6. The average molecular weight is 282 g/mol. The normalized spacial score (nSPS) is 11.8.